The number of carbonyl (C=O) groups excluding carboxylic acids is 1. The molecule has 1 aliphatic carbocycles. The third kappa shape index (κ3) is 5.19. The molecule has 1 amide bonds. The van der Waals surface area contributed by atoms with Crippen LogP contribution in [0, 0.1) is 10.7 Å². The summed E-state index contributed by atoms with van der Waals surface area (Å²) < 4.78 is 7.89. The number of aromatic amines is 1. The van der Waals surface area contributed by atoms with Crippen LogP contribution in [0.5, 0.6) is 5.75 Å². The summed E-state index contributed by atoms with van der Waals surface area (Å²) in [5, 5.41) is 10.3. The van der Waals surface area contributed by atoms with Gasteiger partial charge >= 0.3 is 0 Å². The summed E-state index contributed by atoms with van der Waals surface area (Å²) in [5.41, 5.74) is 0.937. The first-order valence-corrected chi connectivity index (χ1v) is 10.2. The van der Waals surface area contributed by atoms with Gasteiger partial charge in [0, 0.05) is 24.6 Å². The molecule has 1 aromatic carbocycles. The van der Waals surface area contributed by atoms with Crippen LogP contribution in [0.25, 0.3) is 11.4 Å². The first-order valence-electron chi connectivity index (χ1n) is 9.74. The fourth-order valence-corrected chi connectivity index (χ4v) is 3.75. The van der Waals surface area contributed by atoms with Crippen LogP contribution in [-0.4, -0.2) is 33.3 Å². The Morgan fingerprint density at radius 1 is 1.30 bits per heavy atom. The molecule has 146 valence electrons. The average Bonchev–Trinajstić information content (AvgIpc) is 3.03. The Kier molecular flexibility index (Phi) is 6.66. The van der Waals surface area contributed by atoms with Crippen molar-refractivity contribution in [1.82, 2.24) is 20.1 Å². The number of rotatable bonds is 7. The van der Waals surface area contributed by atoms with E-state index in [1.54, 1.807) is 0 Å². The van der Waals surface area contributed by atoms with Crippen molar-refractivity contribution in [3.8, 4) is 17.1 Å². The highest BCUT2D eigenvalue weighted by Gasteiger charge is 2.20. The number of nitrogens with one attached hydrogen (secondary N) is 2. The minimum Gasteiger partial charge on any atom is -0.494 e. The third-order valence-corrected chi connectivity index (χ3v) is 5.44. The Hall–Kier alpha value is -2.15. The van der Waals surface area contributed by atoms with E-state index in [1.807, 2.05) is 35.8 Å². The maximum atomic E-state index is 12.4. The van der Waals surface area contributed by atoms with Crippen LogP contribution in [-0.2, 0) is 11.3 Å². The first-order chi connectivity index (χ1) is 13.1. The highest BCUT2D eigenvalue weighted by molar-refractivity contribution is 7.71. The van der Waals surface area contributed by atoms with Crippen LogP contribution in [0.15, 0.2) is 24.3 Å². The molecule has 7 heteroatoms. The molecule has 0 radical (unpaired) electrons. The summed E-state index contributed by atoms with van der Waals surface area (Å²) in [7, 11) is 0. The van der Waals surface area contributed by atoms with Crippen molar-refractivity contribution < 1.29 is 9.53 Å². The monoisotopic (exact) mass is 388 g/mol. The van der Waals surface area contributed by atoms with Crippen LogP contribution in [0.1, 0.15) is 46.0 Å². The van der Waals surface area contributed by atoms with Gasteiger partial charge in [0.05, 0.1) is 6.61 Å². The van der Waals surface area contributed by atoms with E-state index < -0.39 is 0 Å². The lowest BCUT2D eigenvalue weighted by Gasteiger charge is -2.26. The highest BCUT2D eigenvalue weighted by Crippen LogP contribution is 2.24. The van der Waals surface area contributed by atoms with E-state index in [0.29, 0.717) is 30.4 Å². The maximum Gasteiger partial charge on any atom is 0.222 e. The van der Waals surface area contributed by atoms with Gasteiger partial charge in [0.15, 0.2) is 10.6 Å². The molecule has 3 rings (SSSR count). The summed E-state index contributed by atoms with van der Waals surface area (Å²) >= 11 is 5.36. The number of benzene rings is 1. The number of aromatic nitrogens is 3. The van der Waals surface area contributed by atoms with E-state index in [1.165, 1.54) is 12.8 Å². The molecule has 27 heavy (non-hydrogen) atoms. The lowest BCUT2D eigenvalue weighted by molar-refractivity contribution is -0.122. The topological polar surface area (TPSA) is 71.9 Å². The Morgan fingerprint density at radius 2 is 2.00 bits per heavy atom. The summed E-state index contributed by atoms with van der Waals surface area (Å²) in [4.78, 5) is 12.4. The van der Waals surface area contributed by atoms with Crippen LogP contribution in [0.3, 0.4) is 0 Å². The third-order valence-electron chi connectivity index (χ3n) is 5.13. The van der Waals surface area contributed by atoms with Gasteiger partial charge in [-0.25, -0.2) is 0 Å². The summed E-state index contributed by atoms with van der Waals surface area (Å²) in [6.45, 7) is 5.37. The molecule has 1 fully saturated rings. The van der Waals surface area contributed by atoms with Gasteiger partial charge in [-0.05, 0) is 75.0 Å². The molecule has 1 aliphatic rings. The minimum absolute atomic E-state index is 0.0790. The zero-order valence-corrected chi connectivity index (χ0v) is 16.8. The average molecular weight is 389 g/mol. The van der Waals surface area contributed by atoms with Gasteiger partial charge < -0.3 is 10.1 Å². The molecule has 0 spiro atoms. The van der Waals surface area contributed by atoms with Crippen molar-refractivity contribution in [2.45, 2.75) is 58.5 Å². The van der Waals surface area contributed by atoms with E-state index in [0.717, 1.165) is 35.9 Å². The van der Waals surface area contributed by atoms with Crippen molar-refractivity contribution in [3.05, 3.63) is 29.0 Å². The Bertz CT molecular complexity index is 804. The molecule has 1 aromatic heterocycles. The molecule has 0 saturated heterocycles. The smallest absolute Gasteiger partial charge is 0.222 e. The molecular weight excluding hydrogens is 360 g/mol. The highest BCUT2D eigenvalue weighted by atomic mass is 32.1. The molecule has 1 heterocycles. The molecule has 2 N–H and O–H groups in total. The van der Waals surface area contributed by atoms with E-state index in [2.05, 4.69) is 22.4 Å². The van der Waals surface area contributed by atoms with Crippen molar-refractivity contribution in [3.63, 3.8) is 0 Å². The van der Waals surface area contributed by atoms with E-state index in [-0.39, 0.29) is 5.91 Å². The molecule has 0 aliphatic heterocycles. The fraction of sp³-hybridized carbons (Fsp3) is 0.550. The molecule has 1 saturated carbocycles. The van der Waals surface area contributed by atoms with Gasteiger partial charge in [0.2, 0.25) is 5.91 Å². The fourth-order valence-electron chi connectivity index (χ4n) is 3.53. The second-order valence-electron chi connectivity index (χ2n) is 7.24. The summed E-state index contributed by atoms with van der Waals surface area (Å²) in [6, 6.07) is 8.05. The first kappa shape index (κ1) is 19.6. The number of H-pyrrole nitrogens is 1. The predicted molar refractivity (Wildman–Crippen MR) is 108 cm³/mol. The number of ether oxygens (including phenoxy) is 1. The molecule has 0 bridgehead atoms. The molecular formula is C20H28N4O2S. The summed E-state index contributed by atoms with van der Waals surface area (Å²) in [5.74, 6) is 2.42. The molecule has 6 nitrogen and oxygen atoms in total. The molecule has 2 aromatic rings. The lowest BCUT2D eigenvalue weighted by Crippen LogP contribution is -2.37. The maximum absolute atomic E-state index is 12.4. The largest absolute Gasteiger partial charge is 0.494 e. The van der Waals surface area contributed by atoms with Crippen molar-refractivity contribution in [2.75, 3.05) is 6.61 Å². The summed E-state index contributed by atoms with van der Waals surface area (Å²) in [6.07, 6.45) is 4.94. The normalized spacial score (nSPS) is 19.6. The number of hydrogen-bond donors (Lipinski definition) is 2. The second kappa shape index (κ2) is 9.17. The van der Waals surface area contributed by atoms with Gasteiger partial charge in [0.25, 0.3) is 0 Å². The van der Waals surface area contributed by atoms with Crippen molar-refractivity contribution >= 4 is 18.1 Å². The van der Waals surface area contributed by atoms with Crippen LogP contribution < -0.4 is 10.1 Å². The standard InChI is InChI=1S/C20H28N4O2S/c1-3-26-17-10-6-15(7-11-17)19-22-23-20(27)24(19)13-12-18(25)21-16-8-4-14(2)5-9-16/h6-7,10-11,14,16H,3-5,8-9,12-13H2,1-2H3,(H,21,25)(H,23,27). The van der Waals surface area contributed by atoms with E-state index in [4.69, 9.17) is 17.0 Å². The Morgan fingerprint density at radius 3 is 2.67 bits per heavy atom. The zero-order valence-electron chi connectivity index (χ0n) is 16.0. The van der Waals surface area contributed by atoms with Crippen LogP contribution >= 0.6 is 12.2 Å². The zero-order chi connectivity index (χ0) is 19.2. The molecule has 0 unspecified atom stereocenters. The van der Waals surface area contributed by atoms with Gasteiger partial charge in [-0.2, -0.15) is 5.10 Å². The van der Waals surface area contributed by atoms with Crippen LogP contribution in [0.2, 0.25) is 0 Å². The Balaban J connectivity index is 1.61. The number of amides is 1. The van der Waals surface area contributed by atoms with Gasteiger partial charge in [-0.1, -0.05) is 6.92 Å². The van der Waals surface area contributed by atoms with Gasteiger partial charge in [-0.3, -0.25) is 14.5 Å². The Labute approximate surface area is 165 Å². The van der Waals surface area contributed by atoms with E-state index >= 15 is 0 Å². The quantitative estimate of drug-likeness (QED) is 0.701. The number of carbonyl (C=O) groups is 1. The minimum atomic E-state index is 0.0790. The van der Waals surface area contributed by atoms with Gasteiger partial charge in [-0.15, -0.1) is 0 Å². The van der Waals surface area contributed by atoms with Crippen LogP contribution in [0.4, 0.5) is 0 Å². The lowest BCUT2D eigenvalue weighted by atomic mass is 9.87. The SMILES string of the molecule is CCOc1ccc(-c2n[nH]c(=S)n2CCC(=O)NC2CCC(C)CC2)cc1. The van der Waals surface area contributed by atoms with Crippen molar-refractivity contribution in [2.24, 2.45) is 5.92 Å². The predicted octanol–water partition coefficient (Wildman–Crippen LogP) is 4.09. The van der Waals surface area contributed by atoms with E-state index in [9.17, 15) is 4.79 Å². The molecule has 0 atom stereocenters. The van der Waals surface area contributed by atoms with Crippen molar-refractivity contribution in [1.29, 1.82) is 0 Å². The second-order valence-corrected chi connectivity index (χ2v) is 7.62. The van der Waals surface area contributed by atoms with Gasteiger partial charge in [0.1, 0.15) is 5.75 Å². The number of hydrogen-bond acceptors (Lipinski definition) is 4. The number of nitrogens with zero attached hydrogens (tertiary/aromatic N) is 2.